The number of hydrogen-bond donors (Lipinski definition) is 0. The molecule has 284 valence electrons. The van der Waals surface area contributed by atoms with Gasteiger partial charge >= 0.3 is 17.9 Å². The van der Waals surface area contributed by atoms with Crippen LogP contribution in [-0.4, -0.2) is 34.7 Å². The summed E-state index contributed by atoms with van der Waals surface area (Å²) in [5.74, 6) is -0.427. The smallest absolute Gasteiger partial charge is 0.338 e. The normalized spacial score (nSPS) is 12.5. The number of ether oxygens (including phenoxy) is 3. The van der Waals surface area contributed by atoms with E-state index in [0.717, 1.165) is 53.2 Å². The molecule has 3 aromatic carbocycles. The van der Waals surface area contributed by atoms with Crippen molar-refractivity contribution in [1.29, 1.82) is 0 Å². The van der Waals surface area contributed by atoms with Crippen LogP contribution in [0.5, 0.6) is 0 Å². The van der Waals surface area contributed by atoms with Gasteiger partial charge in [-0.3, -0.25) is 0 Å². The fourth-order valence-electron chi connectivity index (χ4n) is 7.31. The summed E-state index contributed by atoms with van der Waals surface area (Å²) in [7, 11) is -0.624. The van der Waals surface area contributed by atoms with Gasteiger partial charge in [0.2, 0.25) is 0 Å². The predicted octanol–water partition coefficient (Wildman–Crippen LogP) is 11.9. The third kappa shape index (κ3) is 9.31. The maximum Gasteiger partial charge on any atom is 0.338 e. The van der Waals surface area contributed by atoms with Gasteiger partial charge in [0.1, 0.15) is 16.8 Å². The third-order valence-corrected chi connectivity index (χ3v) is 13.8. The SMILES string of the molecule is CCC(CC)(OC(=O)c1ccc([S+](c2ccc(C(=O)OC(CC)(CC)C(C)C)cc2)c2ccc(C(=O)OC(CC)(CC)C(C)C)cc2)cc1)C(C)C. The lowest BCUT2D eigenvalue weighted by Gasteiger charge is -2.35. The van der Waals surface area contributed by atoms with E-state index in [9.17, 15) is 14.4 Å². The summed E-state index contributed by atoms with van der Waals surface area (Å²) in [5, 5.41) is 0. The molecule has 0 bridgehead atoms. The molecule has 0 saturated heterocycles. The maximum absolute atomic E-state index is 13.4. The average molecular weight is 732 g/mol. The molecule has 0 aromatic heterocycles. The predicted molar refractivity (Wildman–Crippen MR) is 212 cm³/mol. The number of esters is 3. The minimum atomic E-state index is -0.624. The minimum Gasteiger partial charge on any atom is -0.455 e. The summed E-state index contributed by atoms with van der Waals surface area (Å²) >= 11 is 0. The van der Waals surface area contributed by atoms with Crippen molar-refractivity contribution in [2.45, 2.75) is 153 Å². The Hall–Kier alpha value is -3.58. The average Bonchev–Trinajstić information content (AvgIpc) is 3.15. The highest BCUT2D eigenvalue weighted by atomic mass is 32.2. The highest BCUT2D eigenvalue weighted by molar-refractivity contribution is 7.97. The fourth-order valence-corrected chi connectivity index (χ4v) is 9.35. The third-order valence-electron chi connectivity index (χ3n) is 11.6. The van der Waals surface area contributed by atoms with Gasteiger partial charge in [0, 0.05) is 0 Å². The lowest BCUT2D eigenvalue weighted by Crippen LogP contribution is -2.39. The van der Waals surface area contributed by atoms with E-state index in [4.69, 9.17) is 14.2 Å². The highest BCUT2D eigenvalue weighted by Gasteiger charge is 2.38. The first kappa shape index (κ1) is 42.8. The topological polar surface area (TPSA) is 78.9 Å². The summed E-state index contributed by atoms with van der Waals surface area (Å²) in [6, 6.07) is 22.8. The first-order valence-corrected chi connectivity index (χ1v) is 20.6. The quantitative estimate of drug-likeness (QED) is 0.0736. The fraction of sp³-hybridized carbons (Fsp3) is 0.533. The van der Waals surface area contributed by atoms with Crippen LogP contribution in [0.2, 0.25) is 0 Å². The maximum atomic E-state index is 13.4. The molecule has 52 heavy (non-hydrogen) atoms. The van der Waals surface area contributed by atoms with Gasteiger partial charge in [0.15, 0.2) is 14.7 Å². The molecule has 0 spiro atoms. The van der Waals surface area contributed by atoms with Crippen LogP contribution in [-0.2, 0) is 25.1 Å². The molecule has 0 N–H and O–H groups in total. The molecular weight excluding hydrogens is 669 g/mol. The zero-order chi connectivity index (χ0) is 38.9. The molecule has 0 aliphatic rings. The molecular formula is C45H63O6S+. The lowest BCUT2D eigenvalue weighted by molar-refractivity contribution is -0.0491. The van der Waals surface area contributed by atoms with Crippen molar-refractivity contribution in [3.63, 3.8) is 0 Å². The van der Waals surface area contributed by atoms with Crippen LogP contribution >= 0.6 is 0 Å². The molecule has 0 fully saturated rings. The summed E-state index contributed by atoms with van der Waals surface area (Å²) < 4.78 is 18.4. The van der Waals surface area contributed by atoms with E-state index in [2.05, 4.69) is 83.1 Å². The Morgan fingerprint density at radius 2 is 0.615 bits per heavy atom. The van der Waals surface area contributed by atoms with Gasteiger partial charge in [-0.2, -0.15) is 0 Å². The van der Waals surface area contributed by atoms with Crippen LogP contribution in [0.4, 0.5) is 0 Å². The van der Waals surface area contributed by atoms with Gasteiger partial charge in [0.25, 0.3) is 0 Å². The molecule has 0 atom stereocenters. The van der Waals surface area contributed by atoms with Crippen molar-refractivity contribution in [2.24, 2.45) is 17.8 Å². The second-order valence-electron chi connectivity index (χ2n) is 14.8. The van der Waals surface area contributed by atoms with Crippen molar-refractivity contribution in [3.8, 4) is 0 Å². The van der Waals surface area contributed by atoms with Crippen LogP contribution < -0.4 is 0 Å². The zero-order valence-corrected chi connectivity index (χ0v) is 34.6. The van der Waals surface area contributed by atoms with Crippen LogP contribution in [0.25, 0.3) is 0 Å². The highest BCUT2D eigenvalue weighted by Crippen LogP contribution is 2.36. The Morgan fingerprint density at radius 1 is 0.423 bits per heavy atom. The standard InChI is InChI=1S/C45H63O6S/c1-13-43(14-2,31(7)8)49-40(46)34-19-25-37(26-20-34)52(38-27-21-35(22-28-38)41(47)50-44(15-3,16-4)32(9)10)39-29-23-36(24-30-39)42(48)51-45(17-5,18-6)33(11)12/h19-33H,13-18H2,1-12H3/q+1. The molecule has 0 unspecified atom stereocenters. The molecule has 3 aromatic rings. The van der Waals surface area contributed by atoms with Crippen molar-refractivity contribution in [2.75, 3.05) is 0 Å². The van der Waals surface area contributed by atoms with Crippen molar-refractivity contribution < 1.29 is 28.6 Å². The van der Waals surface area contributed by atoms with Crippen LogP contribution in [0.1, 0.15) is 153 Å². The van der Waals surface area contributed by atoms with Gasteiger partial charge < -0.3 is 14.2 Å². The second-order valence-corrected chi connectivity index (χ2v) is 16.9. The van der Waals surface area contributed by atoms with Crippen molar-refractivity contribution in [1.82, 2.24) is 0 Å². The summed E-state index contributed by atoms with van der Waals surface area (Å²) in [5.41, 5.74) is -0.0577. The molecule has 0 saturated carbocycles. The van der Waals surface area contributed by atoms with Gasteiger partial charge in [-0.05, 0) is 129 Å². The van der Waals surface area contributed by atoms with E-state index in [-0.39, 0.29) is 35.7 Å². The first-order chi connectivity index (χ1) is 24.6. The summed E-state index contributed by atoms with van der Waals surface area (Å²) in [6.45, 7) is 24.9. The van der Waals surface area contributed by atoms with Crippen LogP contribution in [0, 0.1) is 17.8 Å². The van der Waals surface area contributed by atoms with Gasteiger partial charge in [-0.1, -0.05) is 83.1 Å². The Bertz CT molecular complexity index is 1400. The number of carbonyl (C=O) groups excluding carboxylic acids is 3. The molecule has 3 rings (SSSR count). The van der Waals surface area contributed by atoms with Crippen LogP contribution in [0.15, 0.2) is 87.5 Å². The van der Waals surface area contributed by atoms with E-state index in [1.165, 1.54) is 0 Å². The van der Waals surface area contributed by atoms with E-state index < -0.39 is 27.7 Å². The van der Waals surface area contributed by atoms with Gasteiger partial charge in [0.05, 0.1) is 27.6 Å². The largest absolute Gasteiger partial charge is 0.455 e. The molecule has 7 heteroatoms. The zero-order valence-electron chi connectivity index (χ0n) is 33.8. The molecule has 6 nitrogen and oxygen atoms in total. The molecule has 0 radical (unpaired) electrons. The molecule has 0 amide bonds. The lowest BCUT2D eigenvalue weighted by atomic mass is 9.85. The number of carbonyl (C=O) groups is 3. The molecule has 0 aliphatic heterocycles. The molecule has 0 aliphatic carbocycles. The Balaban J connectivity index is 2.03. The Labute approximate surface area is 316 Å². The van der Waals surface area contributed by atoms with Gasteiger partial charge in [-0.25, -0.2) is 14.4 Å². The Morgan fingerprint density at radius 3 is 0.769 bits per heavy atom. The number of benzene rings is 3. The first-order valence-electron chi connectivity index (χ1n) is 19.4. The van der Waals surface area contributed by atoms with E-state index in [1.807, 2.05) is 72.8 Å². The summed E-state index contributed by atoms with van der Waals surface area (Å²) in [6.07, 6.45) is 4.45. The van der Waals surface area contributed by atoms with Crippen LogP contribution in [0.3, 0.4) is 0 Å². The Kier molecular flexibility index (Phi) is 15.2. The van der Waals surface area contributed by atoms with E-state index in [0.29, 0.717) is 16.7 Å². The number of rotatable bonds is 18. The molecule has 0 heterocycles. The van der Waals surface area contributed by atoms with E-state index in [1.54, 1.807) is 0 Å². The van der Waals surface area contributed by atoms with Gasteiger partial charge in [-0.15, -0.1) is 0 Å². The monoisotopic (exact) mass is 731 g/mol. The second kappa shape index (κ2) is 18.4. The van der Waals surface area contributed by atoms with E-state index >= 15 is 0 Å². The number of hydrogen-bond acceptors (Lipinski definition) is 6. The minimum absolute atomic E-state index is 0.188. The van der Waals surface area contributed by atoms with Crippen molar-refractivity contribution in [3.05, 3.63) is 89.5 Å². The van der Waals surface area contributed by atoms with Crippen molar-refractivity contribution >= 4 is 28.8 Å². The summed E-state index contributed by atoms with van der Waals surface area (Å²) in [4.78, 5) is 43.0.